The lowest BCUT2D eigenvalue weighted by atomic mass is 9.88. The summed E-state index contributed by atoms with van der Waals surface area (Å²) in [4.78, 5) is 8.55. The fraction of sp³-hybridized carbons (Fsp3) is 0.385. The van der Waals surface area contributed by atoms with Crippen LogP contribution in [0.2, 0.25) is 0 Å². The van der Waals surface area contributed by atoms with Crippen molar-refractivity contribution in [2.24, 2.45) is 11.8 Å². The molecule has 38 heavy (non-hydrogen) atoms. The predicted octanol–water partition coefficient (Wildman–Crippen LogP) is 4.75. The molecule has 1 aromatic heterocycles. The first-order chi connectivity index (χ1) is 17.9. The second-order valence-electron chi connectivity index (χ2n) is 9.15. The molecule has 1 saturated carbocycles. The summed E-state index contributed by atoms with van der Waals surface area (Å²) >= 11 is 0. The average Bonchev–Trinajstić information content (AvgIpc) is 3.16. The molecule has 2 aromatic carbocycles. The van der Waals surface area contributed by atoms with Crippen molar-refractivity contribution in [3.63, 3.8) is 0 Å². The minimum atomic E-state index is -4.78. The Morgan fingerprint density at radius 3 is 2.37 bits per heavy atom. The van der Waals surface area contributed by atoms with Gasteiger partial charge >= 0.3 is 12.5 Å². The summed E-state index contributed by atoms with van der Waals surface area (Å²) in [7, 11) is 0. The standard InChI is InChI=1S/C26H25F6N3O3/c27-25(28,29)17-3-1-2-16(10-17)24-33-9-8-18(35-24)11-20-21(14-36)23(37)12-22(20)34-13-15-4-6-19(7-5-15)38-26(30,31)32/h1-10,20-23,34,36-37H,11-14H2. The number of halogens is 6. The minimum absolute atomic E-state index is 0.123. The molecule has 1 fully saturated rings. The summed E-state index contributed by atoms with van der Waals surface area (Å²) < 4.78 is 80.4. The van der Waals surface area contributed by atoms with Gasteiger partial charge < -0.3 is 20.3 Å². The third-order valence-corrected chi connectivity index (χ3v) is 6.60. The zero-order valence-corrected chi connectivity index (χ0v) is 19.9. The number of hydrogen-bond acceptors (Lipinski definition) is 6. The van der Waals surface area contributed by atoms with Crippen molar-refractivity contribution in [1.82, 2.24) is 15.3 Å². The maximum atomic E-state index is 13.1. The molecule has 1 heterocycles. The summed E-state index contributed by atoms with van der Waals surface area (Å²) in [6.45, 7) is 0.0106. The third-order valence-electron chi connectivity index (χ3n) is 6.60. The van der Waals surface area contributed by atoms with Gasteiger partial charge in [0.15, 0.2) is 5.82 Å². The summed E-state index contributed by atoms with van der Waals surface area (Å²) in [6, 6.07) is 11.5. The number of nitrogens with one attached hydrogen (secondary N) is 1. The maximum Gasteiger partial charge on any atom is 0.573 e. The van der Waals surface area contributed by atoms with Gasteiger partial charge in [-0.05, 0) is 54.7 Å². The molecule has 4 atom stereocenters. The number of benzene rings is 2. The molecule has 0 saturated heterocycles. The number of nitrogens with zero attached hydrogens (tertiary/aromatic N) is 2. The van der Waals surface area contributed by atoms with Crippen LogP contribution in [0.15, 0.2) is 60.8 Å². The molecular formula is C26H25F6N3O3. The Balaban J connectivity index is 1.47. The molecule has 12 heteroatoms. The van der Waals surface area contributed by atoms with E-state index in [9.17, 15) is 36.6 Å². The number of rotatable bonds is 8. The summed E-state index contributed by atoms with van der Waals surface area (Å²) in [5, 5.41) is 23.7. The predicted molar refractivity (Wildman–Crippen MR) is 125 cm³/mol. The lowest BCUT2D eigenvalue weighted by Crippen LogP contribution is -2.36. The third kappa shape index (κ3) is 7.00. The highest BCUT2D eigenvalue weighted by Gasteiger charge is 2.42. The van der Waals surface area contributed by atoms with Gasteiger partial charge in [0.05, 0.1) is 11.7 Å². The fourth-order valence-electron chi connectivity index (χ4n) is 4.76. The molecule has 1 aliphatic rings. The molecule has 0 bridgehead atoms. The smallest absolute Gasteiger partial charge is 0.406 e. The van der Waals surface area contributed by atoms with E-state index in [1.165, 1.54) is 42.6 Å². The Morgan fingerprint density at radius 2 is 1.71 bits per heavy atom. The molecule has 0 amide bonds. The van der Waals surface area contributed by atoms with E-state index in [1.54, 1.807) is 6.07 Å². The van der Waals surface area contributed by atoms with E-state index < -0.39 is 30.1 Å². The lowest BCUT2D eigenvalue weighted by Gasteiger charge is -2.25. The van der Waals surface area contributed by atoms with Crippen LogP contribution in [0.3, 0.4) is 0 Å². The largest absolute Gasteiger partial charge is 0.573 e. The molecule has 0 spiro atoms. The van der Waals surface area contributed by atoms with Crippen LogP contribution in [0.5, 0.6) is 5.75 Å². The molecule has 3 N–H and O–H groups in total. The van der Waals surface area contributed by atoms with E-state index in [1.807, 2.05) is 0 Å². The summed E-state index contributed by atoms with van der Waals surface area (Å²) in [5.41, 5.74) is 0.615. The van der Waals surface area contributed by atoms with Crippen LogP contribution in [0.25, 0.3) is 11.4 Å². The van der Waals surface area contributed by atoms with Gasteiger partial charge in [-0.25, -0.2) is 9.97 Å². The Labute approximate surface area is 214 Å². The lowest BCUT2D eigenvalue weighted by molar-refractivity contribution is -0.274. The molecule has 0 radical (unpaired) electrons. The van der Waals surface area contributed by atoms with Crippen LogP contribution >= 0.6 is 0 Å². The normalized spacial score (nSPS) is 22.0. The van der Waals surface area contributed by atoms with E-state index in [4.69, 9.17) is 0 Å². The molecule has 1 aliphatic carbocycles. The Morgan fingerprint density at radius 1 is 0.974 bits per heavy atom. The molecule has 4 unspecified atom stereocenters. The van der Waals surface area contributed by atoms with Crippen LogP contribution in [-0.4, -0.2) is 45.3 Å². The van der Waals surface area contributed by atoms with Gasteiger partial charge in [0.1, 0.15) is 5.75 Å². The number of aliphatic hydroxyl groups is 2. The van der Waals surface area contributed by atoms with Gasteiger partial charge in [-0.1, -0.05) is 24.3 Å². The van der Waals surface area contributed by atoms with Gasteiger partial charge in [-0.2, -0.15) is 13.2 Å². The maximum absolute atomic E-state index is 13.1. The van der Waals surface area contributed by atoms with Gasteiger partial charge in [-0.3, -0.25) is 0 Å². The number of alkyl halides is 6. The van der Waals surface area contributed by atoms with Crippen molar-refractivity contribution in [1.29, 1.82) is 0 Å². The van der Waals surface area contributed by atoms with Crippen molar-refractivity contribution in [2.75, 3.05) is 6.61 Å². The second-order valence-corrected chi connectivity index (χ2v) is 9.15. The average molecular weight is 541 g/mol. The molecule has 4 rings (SSSR count). The van der Waals surface area contributed by atoms with E-state index in [-0.39, 0.29) is 42.2 Å². The molecule has 6 nitrogen and oxygen atoms in total. The van der Waals surface area contributed by atoms with Crippen molar-refractivity contribution in [3.8, 4) is 17.1 Å². The topological polar surface area (TPSA) is 87.5 Å². The Bertz CT molecular complexity index is 1220. The number of aliphatic hydroxyl groups excluding tert-OH is 2. The highest BCUT2D eigenvalue weighted by molar-refractivity contribution is 5.56. The van der Waals surface area contributed by atoms with Crippen molar-refractivity contribution in [2.45, 2.75) is 44.1 Å². The Kier molecular flexibility index (Phi) is 8.24. The molecule has 204 valence electrons. The van der Waals surface area contributed by atoms with Gasteiger partial charge in [-0.15, -0.1) is 13.2 Å². The fourth-order valence-corrected chi connectivity index (χ4v) is 4.76. The van der Waals surface area contributed by atoms with Crippen LogP contribution in [0.1, 0.15) is 23.2 Å². The van der Waals surface area contributed by atoms with Gasteiger partial charge in [0, 0.05) is 42.6 Å². The number of ether oxygens (including phenoxy) is 1. The summed E-state index contributed by atoms with van der Waals surface area (Å²) in [6.07, 6.45) is -8.00. The first-order valence-electron chi connectivity index (χ1n) is 11.8. The van der Waals surface area contributed by atoms with Crippen LogP contribution in [0, 0.1) is 11.8 Å². The van der Waals surface area contributed by atoms with Crippen molar-refractivity contribution >= 4 is 0 Å². The SMILES string of the molecule is OCC1C(O)CC(NCc2ccc(OC(F)(F)F)cc2)C1Cc1ccnc(-c2cccc(C(F)(F)F)c2)n1. The van der Waals surface area contributed by atoms with E-state index in [0.717, 1.165) is 12.1 Å². The molecule has 3 aromatic rings. The van der Waals surface area contributed by atoms with Crippen molar-refractivity contribution in [3.05, 3.63) is 77.6 Å². The van der Waals surface area contributed by atoms with Crippen LogP contribution < -0.4 is 10.1 Å². The quantitative estimate of drug-likeness (QED) is 0.357. The number of hydrogen-bond donors (Lipinski definition) is 3. The monoisotopic (exact) mass is 541 g/mol. The van der Waals surface area contributed by atoms with E-state index >= 15 is 0 Å². The van der Waals surface area contributed by atoms with Gasteiger partial charge in [0.2, 0.25) is 0 Å². The first-order valence-corrected chi connectivity index (χ1v) is 11.8. The molecular weight excluding hydrogens is 516 g/mol. The number of aromatic nitrogens is 2. The van der Waals surface area contributed by atoms with Crippen molar-refractivity contribution < 1.29 is 41.3 Å². The Hall–Kier alpha value is -3.22. The van der Waals surface area contributed by atoms with Gasteiger partial charge in [0.25, 0.3) is 0 Å². The highest BCUT2D eigenvalue weighted by Crippen LogP contribution is 2.36. The van der Waals surface area contributed by atoms with E-state index in [0.29, 0.717) is 24.1 Å². The highest BCUT2D eigenvalue weighted by atomic mass is 19.4. The minimum Gasteiger partial charge on any atom is -0.406 e. The van der Waals surface area contributed by atoms with E-state index in [2.05, 4.69) is 20.0 Å². The zero-order chi connectivity index (χ0) is 27.5. The first kappa shape index (κ1) is 27.8. The van der Waals surface area contributed by atoms with Crippen LogP contribution in [0.4, 0.5) is 26.3 Å². The molecule has 0 aliphatic heterocycles. The summed E-state index contributed by atoms with van der Waals surface area (Å²) in [5.74, 6) is -0.955. The van der Waals surface area contributed by atoms with Crippen LogP contribution in [-0.2, 0) is 19.1 Å². The second kappa shape index (κ2) is 11.3. The zero-order valence-electron chi connectivity index (χ0n) is 19.9.